The van der Waals surface area contributed by atoms with Crippen LogP contribution in [0.1, 0.15) is 12.8 Å². The van der Waals surface area contributed by atoms with Gasteiger partial charge in [-0.1, -0.05) is 0 Å². The molecule has 0 saturated heterocycles. The molecule has 0 aromatic carbocycles. The number of rotatable bonds is 5. The molecule has 10 heteroatoms. The third-order valence-electron chi connectivity index (χ3n) is 1.26. The topological polar surface area (TPSA) is 169 Å². The van der Waals surface area contributed by atoms with Crippen LogP contribution in [0.25, 0.3) is 0 Å². The van der Waals surface area contributed by atoms with Crippen LogP contribution in [-0.4, -0.2) is 39.2 Å². The van der Waals surface area contributed by atoms with E-state index in [0.717, 1.165) is 0 Å². The van der Waals surface area contributed by atoms with Gasteiger partial charge in [-0.05, 0) is 0 Å². The van der Waals surface area contributed by atoms with E-state index in [1.54, 1.807) is 0 Å². The van der Waals surface area contributed by atoms with Crippen molar-refractivity contribution < 1.29 is 99.4 Å². The molecule has 0 amide bonds. The first kappa shape index (κ1) is 25.2. The van der Waals surface area contributed by atoms with E-state index in [1.807, 2.05) is 0 Å². The summed E-state index contributed by atoms with van der Waals surface area (Å²) in [6.07, 6.45) is -2.56. The van der Waals surface area contributed by atoms with Crippen LogP contribution < -0.4 is 69.3 Å². The average molecular weight is 254 g/mol. The maximum atomic E-state index is 10.2. The van der Waals surface area contributed by atoms with Gasteiger partial charge in [0.05, 0.1) is 12.4 Å². The minimum atomic E-state index is -2.91. The summed E-state index contributed by atoms with van der Waals surface area (Å²) in [5, 5.41) is 37.2. The molecule has 0 heterocycles. The number of aliphatic hydroxyl groups is 1. The summed E-state index contributed by atoms with van der Waals surface area (Å²) in [5.74, 6) is -5.67. The Morgan fingerprint density at radius 3 is 1.62 bits per heavy atom. The first-order valence-electron chi connectivity index (χ1n) is 3.13. The molecule has 0 bridgehead atoms. The minimum Gasteiger partial charge on any atom is -0.550 e. The number of hydrogen-bond acceptors (Lipinski definition) is 6. The molecule has 1 atom stereocenters. The largest absolute Gasteiger partial charge is 1.00 e. The van der Waals surface area contributed by atoms with Crippen LogP contribution in [0.5, 0.6) is 0 Å². The molecule has 0 radical (unpaired) electrons. The Balaban J connectivity index is -0.000000240. The monoisotopic (exact) mass is 254 g/mol. The fraction of sp³-hybridized carbons (Fsp3) is 0.500. The standard InChI is InChI=1S/C6H8O7.2Na.H2O/c7-3(8)1-6(13,5(11)12)2-4(9)10;;;/h13H,1-2H2,(H,7,8)(H,9,10)(H,11,12);;;1H2/q;2*+1;/p-2. The Morgan fingerprint density at radius 1 is 1.06 bits per heavy atom. The Labute approximate surface area is 135 Å². The summed E-state index contributed by atoms with van der Waals surface area (Å²) in [4.78, 5) is 30.2. The molecule has 0 aliphatic heterocycles. The van der Waals surface area contributed by atoms with Gasteiger partial charge in [-0.3, -0.25) is 4.79 Å². The molecule has 16 heavy (non-hydrogen) atoms. The van der Waals surface area contributed by atoms with Gasteiger partial charge in [-0.15, -0.1) is 0 Å². The number of carboxylic acids is 3. The fourth-order valence-corrected chi connectivity index (χ4v) is 0.696. The smallest absolute Gasteiger partial charge is 0.550 e. The molecule has 4 N–H and O–H groups in total. The Hall–Kier alpha value is 0.330. The molecule has 0 spiro atoms. The van der Waals surface area contributed by atoms with Gasteiger partial charge in [0.25, 0.3) is 0 Å². The van der Waals surface area contributed by atoms with E-state index in [1.165, 1.54) is 0 Å². The van der Waals surface area contributed by atoms with E-state index < -0.39 is 36.4 Å². The normalized spacial score (nSPS) is 11.8. The summed E-state index contributed by atoms with van der Waals surface area (Å²) in [6.45, 7) is 0. The number of carbonyl (C=O) groups is 3. The number of aliphatic carboxylic acids is 3. The van der Waals surface area contributed by atoms with Crippen molar-refractivity contribution in [1.82, 2.24) is 0 Å². The van der Waals surface area contributed by atoms with Crippen LogP contribution in [0.3, 0.4) is 0 Å². The Morgan fingerprint density at radius 2 is 1.44 bits per heavy atom. The number of hydrogen-bond donors (Lipinski definition) is 2. The van der Waals surface area contributed by atoms with E-state index in [9.17, 15) is 24.6 Å². The molecule has 1 unspecified atom stereocenters. The van der Waals surface area contributed by atoms with Crippen molar-refractivity contribution in [3.8, 4) is 0 Å². The van der Waals surface area contributed by atoms with Crippen molar-refractivity contribution in [2.45, 2.75) is 18.4 Å². The molecule has 0 aromatic heterocycles. The van der Waals surface area contributed by atoms with Crippen LogP contribution in [0, 0.1) is 0 Å². The maximum Gasteiger partial charge on any atom is 1.00 e. The molecule has 0 rings (SSSR count). The van der Waals surface area contributed by atoms with Crippen molar-refractivity contribution in [2.24, 2.45) is 0 Å². The van der Waals surface area contributed by atoms with Crippen LogP contribution in [0.2, 0.25) is 0 Å². The van der Waals surface area contributed by atoms with Crippen LogP contribution in [0.4, 0.5) is 0 Å². The second kappa shape index (κ2) is 10.5. The minimum absolute atomic E-state index is 0. The maximum absolute atomic E-state index is 10.2. The zero-order chi connectivity index (χ0) is 10.6. The van der Waals surface area contributed by atoms with Crippen LogP contribution in [-0.2, 0) is 14.4 Å². The summed E-state index contributed by atoms with van der Waals surface area (Å²) in [6, 6.07) is 0. The second-order valence-corrected chi connectivity index (χ2v) is 2.44. The Bertz CT molecular complexity index is 237. The van der Waals surface area contributed by atoms with Gasteiger partial charge in [0.2, 0.25) is 0 Å². The van der Waals surface area contributed by atoms with Gasteiger partial charge < -0.3 is 35.5 Å². The third-order valence-corrected chi connectivity index (χ3v) is 1.26. The SMILES string of the molecule is O.O=C([O-])CC(O)(CC(=O)O)C(=O)[O-].[Na+].[Na+]. The molecule has 82 valence electrons. The molecular formula is C6H8Na2O8. The molecule has 0 saturated carbocycles. The first-order valence-corrected chi connectivity index (χ1v) is 3.13. The van der Waals surface area contributed by atoms with E-state index >= 15 is 0 Å². The predicted molar refractivity (Wildman–Crippen MR) is 35.4 cm³/mol. The summed E-state index contributed by atoms with van der Waals surface area (Å²) >= 11 is 0. The van der Waals surface area contributed by atoms with E-state index in [-0.39, 0.29) is 64.6 Å². The summed E-state index contributed by atoms with van der Waals surface area (Å²) in [5.41, 5.74) is -2.91. The zero-order valence-corrected chi connectivity index (χ0v) is 12.8. The van der Waals surface area contributed by atoms with E-state index in [4.69, 9.17) is 10.2 Å². The molecule has 0 aliphatic carbocycles. The van der Waals surface area contributed by atoms with Gasteiger partial charge in [0.1, 0.15) is 5.60 Å². The average Bonchev–Trinajstić information content (AvgIpc) is 1.82. The quantitative estimate of drug-likeness (QED) is 0.458. The van der Waals surface area contributed by atoms with Gasteiger partial charge in [0, 0.05) is 12.4 Å². The first-order chi connectivity index (χ1) is 5.78. The van der Waals surface area contributed by atoms with Crippen molar-refractivity contribution >= 4 is 17.9 Å². The number of carboxylic acid groups (broad SMARTS) is 3. The van der Waals surface area contributed by atoms with Crippen molar-refractivity contribution in [2.75, 3.05) is 0 Å². The summed E-state index contributed by atoms with van der Waals surface area (Å²) < 4.78 is 0. The molecule has 8 nitrogen and oxygen atoms in total. The van der Waals surface area contributed by atoms with Crippen molar-refractivity contribution in [1.29, 1.82) is 0 Å². The number of carbonyl (C=O) groups excluding carboxylic acids is 2. The van der Waals surface area contributed by atoms with Crippen molar-refractivity contribution in [3.05, 3.63) is 0 Å². The second-order valence-electron chi connectivity index (χ2n) is 2.44. The molecular weight excluding hydrogens is 246 g/mol. The summed E-state index contributed by atoms with van der Waals surface area (Å²) in [7, 11) is 0. The molecule has 0 aliphatic rings. The molecule has 0 aromatic rings. The Kier molecular flexibility index (Phi) is 16.5. The van der Waals surface area contributed by atoms with Gasteiger partial charge in [0.15, 0.2) is 0 Å². The predicted octanol–water partition coefficient (Wildman–Crippen LogP) is -10.7. The van der Waals surface area contributed by atoms with E-state index in [0.29, 0.717) is 0 Å². The third kappa shape index (κ3) is 9.55. The van der Waals surface area contributed by atoms with Crippen molar-refractivity contribution in [3.63, 3.8) is 0 Å². The van der Waals surface area contributed by atoms with Gasteiger partial charge >= 0.3 is 65.1 Å². The fourth-order valence-electron chi connectivity index (χ4n) is 0.696. The van der Waals surface area contributed by atoms with Crippen LogP contribution >= 0.6 is 0 Å². The van der Waals surface area contributed by atoms with Gasteiger partial charge in [-0.2, -0.15) is 0 Å². The van der Waals surface area contributed by atoms with Crippen LogP contribution in [0.15, 0.2) is 0 Å². The zero-order valence-electron chi connectivity index (χ0n) is 8.85. The van der Waals surface area contributed by atoms with E-state index in [2.05, 4.69) is 0 Å². The molecule has 0 fully saturated rings. The van der Waals surface area contributed by atoms with Gasteiger partial charge in [-0.25, -0.2) is 0 Å².